The molecule has 1 rings (SSSR count). The first-order chi connectivity index (χ1) is 6.17. The summed E-state index contributed by atoms with van der Waals surface area (Å²) in [5, 5.41) is 17.5. The van der Waals surface area contributed by atoms with E-state index in [4.69, 9.17) is 14.9 Å². The van der Waals surface area contributed by atoms with Crippen LogP contribution in [0.1, 0.15) is 15.9 Å². The lowest BCUT2D eigenvalue weighted by Crippen LogP contribution is -1.99. The minimum atomic E-state index is -1.03. The Morgan fingerprint density at radius 2 is 2.15 bits per heavy atom. The lowest BCUT2D eigenvalue weighted by molar-refractivity contribution is 0.0696. The zero-order valence-corrected chi connectivity index (χ0v) is 7.15. The van der Waals surface area contributed by atoms with Crippen molar-refractivity contribution in [3.05, 3.63) is 29.3 Å². The first-order valence-electron chi connectivity index (χ1n) is 3.69. The Morgan fingerprint density at radius 1 is 1.46 bits per heavy atom. The highest BCUT2D eigenvalue weighted by Crippen LogP contribution is 2.16. The van der Waals surface area contributed by atoms with Crippen LogP contribution in [0, 0.1) is 0 Å². The van der Waals surface area contributed by atoms with Crippen LogP contribution in [0.15, 0.2) is 18.2 Å². The van der Waals surface area contributed by atoms with Gasteiger partial charge in [-0.15, -0.1) is 0 Å². The molecule has 0 spiro atoms. The van der Waals surface area contributed by atoms with Gasteiger partial charge in [-0.3, -0.25) is 0 Å². The van der Waals surface area contributed by atoms with Crippen molar-refractivity contribution in [2.75, 3.05) is 7.11 Å². The molecule has 1 aromatic rings. The lowest BCUT2D eigenvalue weighted by Gasteiger charge is -2.04. The summed E-state index contributed by atoms with van der Waals surface area (Å²) in [6.07, 6.45) is 0. The van der Waals surface area contributed by atoms with E-state index in [1.54, 1.807) is 6.07 Å². The molecule has 0 aliphatic rings. The Bertz CT molecular complexity index is 297. The largest absolute Gasteiger partial charge is 0.497 e. The van der Waals surface area contributed by atoms with Crippen molar-refractivity contribution in [3.63, 3.8) is 0 Å². The van der Waals surface area contributed by atoms with Crippen LogP contribution in [0.5, 0.6) is 5.75 Å². The number of aromatic carboxylic acids is 1. The molecule has 0 aliphatic carbocycles. The predicted octanol–water partition coefficient (Wildman–Crippen LogP) is 0.886. The van der Waals surface area contributed by atoms with E-state index in [1.807, 2.05) is 0 Å². The van der Waals surface area contributed by atoms with E-state index in [9.17, 15) is 4.79 Å². The summed E-state index contributed by atoms with van der Waals surface area (Å²) in [4.78, 5) is 10.6. The topological polar surface area (TPSA) is 66.8 Å². The van der Waals surface area contributed by atoms with Gasteiger partial charge in [0.1, 0.15) is 5.75 Å². The molecule has 0 bridgehead atoms. The van der Waals surface area contributed by atoms with E-state index in [-0.39, 0.29) is 12.2 Å². The number of aliphatic hydroxyl groups excluding tert-OH is 1. The quantitative estimate of drug-likeness (QED) is 0.728. The van der Waals surface area contributed by atoms with Crippen LogP contribution < -0.4 is 4.74 Å². The van der Waals surface area contributed by atoms with E-state index in [2.05, 4.69) is 0 Å². The number of hydrogen-bond acceptors (Lipinski definition) is 3. The maximum atomic E-state index is 10.6. The number of carboxylic acid groups (broad SMARTS) is 1. The maximum Gasteiger partial charge on any atom is 0.335 e. The molecule has 0 radical (unpaired) electrons. The van der Waals surface area contributed by atoms with Crippen LogP contribution >= 0.6 is 0 Å². The number of methoxy groups -OCH3 is 1. The lowest BCUT2D eigenvalue weighted by atomic mass is 10.1. The molecular formula is C9H10O4. The first kappa shape index (κ1) is 9.54. The van der Waals surface area contributed by atoms with Gasteiger partial charge < -0.3 is 14.9 Å². The fourth-order valence-electron chi connectivity index (χ4n) is 0.993. The van der Waals surface area contributed by atoms with E-state index >= 15 is 0 Å². The number of carboxylic acids is 1. The van der Waals surface area contributed by atoms with Gasteiger partial charge >= 0.3 is 5.97 Å². The second kappa shape index (κ2) is 3.91. The van der Waals surface area contributed by atoms with Gasteiger partial charge in [0, 0.05) is 0 Å². The molecule has 0 saturated heterocycles. The fraction of sp³-hybridized carbons (Fsp3) is 0.222. The van der Waals surface area contributed by atoms with Crippen molar-refractivity contribution in [1.29, 1.82) is 0 Å². The summed E-state index contributed by atoms with van der Waals surface area (Å²) in [7, 11) is 1.45. The van der Waals surface area contributed by atoms with Crippen LogP contribution in [0.25, 0.3) is 0 Å². The molecule has 0 fully saturated rings. The van der Waals surface area contributed by atoms with Crippen LogP contribution in [0.4, 0.5) is 0 Å². The standard InChI is InChI=1S/C9H10O4/c1-13-8-3-6(5-10)2-7(4-8)9(11)12/h2-4,10H,5H2,1H3,(H,11,12). The Hall–Kier alpha value is -1.55. The summed E-state index contributed by atoms with van der Waals surface area (Å²) in [6.45, 7) is -0.197. The molecule has 4 nitrogen and oxygen atoms in total. The average molecular weight is 182 g/mol. The Labute approximate surface area is 75.4 Å². The monoisotopic (exact) mass is 182 g/mol. The van der Waals surface area contributed by atoms with Gasteiger partial charge in [-0.05, 0) is 23.8 Å². The van der Waals surface area contributed by atoms with Gasteiger partial charge in [-0.1, -0.05) is 0 Å². The maximum absolute atomic E-state index is 10.6. The molecular weight excluding hydrogens is 172 g/mol. The average Bonchev–Trinajstić information content (AvgIpc) is 2.16. The number of rotatable bonds is 3. The Balaban J connectivity index is 3.14. The normalized spacial score (nSPS) is 9.69. The summed E-state index contributed by atoms with van der Waals surface area (Å²) >= 11 is 0. The van der Waals surface area contributed by atoms with E-state index in [0.717, 1.165) is 0 Å². The zero-order valence-electron chi connectivity index (χ0n) is 7.15. The summed E-state index contributed by atoms with van der Waals surface area (Å²) in [6, 6.07) is 4.40. The number of carbonyl (C=O) groups is 1. The molecule has 70 valence electrons. The molecule has 0 aliphatic heterocycles. The van der Waals surface area contributed by atoms with Gasteiger partial charge in [-0.25, -0.2) is 4.79 Å². The van der Waals surface area contributed by atoms with Gasteiger partial charge in [0.05, 0.1) is 19.3 Å². The minimum Gasteiger partial charge on any atom is -0.497 e. The van der Waals surface area contributed by atoms with Crippen molar-refractivity contribution < 1.29 is 19.7 Å². The zero-order chi connectivity index (χ0) is 9.84. The van der Waals surface area contributed by atoms with Crippen LogP contribution in [-0.2, 0) is 6.61 Å². The molecule has 1 aromatic carbocycles. The van der Waals surface area contributed by atoms with Crippen molar-refractivity contribution in [1.82, 2.24) is 0 Å². The van der Waals surface area contributed by atoms with Gasteiger partial charge in [0.2, 0.25) is 0 Å². The molecule has 0 amide bonds. The molecule has 0 atom stereocenters. The van der Waals surface area contributed by atoms with Gasteiger partial charge in [0.15, 0.2) is 0 Å². The third-order valence-electron chi connectivity index (χ3n) is 1.63. The van der Waals surface area contributed by atoms with Crippen LogP contribution in [0.3, 0.4) is 0 Å². The third-order valence-corrected chi connectivity index (χ3v) is 1.63. The predicted molar refractivity (Wildman–Crippen MR) is 45.9 cm³/mol. The smallest absolute Gasteiger partial charge is 0.335 e. The Morgan fingerprint density at radius 3 is 2.62 bits per heavy atom. The second-order valence-electron chi connectivity index (χ2n) is 2.53. The number of aliphatic hydroxyl groups is 1. The highest BCUT2D eigenvalue weighted by Gasteiger charge is 2.06. The van der Waals surface area contributed by atoms with Crippen LogP contribution in [0.2, 0.25) is 0 Å². The van der Waals surface area contributed by atoms with Gasteiger partial charge in [0.25, 0.3) is 0 Å². The SMILES string of the molecule is COc1cc(CO)cc(C(=O)O)c1. The van der Waals surface area contributed by atoms with Crippen LogP contribution in [-0.4, -0.2) is 23.3 Å². The number of hydrogen-bond donors (Lipinski definition) is 2. The third kappa shape index (κ3) is 2.19. The van der Waals surface area contributed by atoms with Gasteiger partial charge in [-0.2, -0.15) is 0 Å². The minimum absolute atomic E-state index is 0.114. The van der Waals surface area contributed by atoms with Crippen molar-refractivity contribution in [2.24, 2.45) is 0 Å². The molecule has 0 unspecified atom stereocenters. The molecule has 0 heterocycles. The highest BCUT2D eigenvalue weighted by molar-refractivity contribution is 5.88. The molecule has 13 heavy (non-hydrogen) atoms. The van der Waals surface area contributed by atoms with E-state index in [1.165, 1.54) is 19.2 Å². The molecule has 2 N–H and O–H groups in total. The second-order valence-corrected chi connectivity index (χ2v) is 2.53. The number of ether oxygens (including phenoxy) is 1. The van der Waals surface area contributed by atoms with Crippen molar-refractivity contribution >= 4 is 5.97 Å². The fourth-order valence-corrected chi connectivity index (χ4v) is 0.993. The molecule has 4 heteroatoms. The molecule has 0 saturated carbocycles. The summed E-state index contributed by atoms with van der Waals surface area (Å²) < 4.78 is 4.87. The highest BCUT2D eigenvalue weighted by atomic mass is 16.5. The summed E-state index contributed by atoms with van der Waals surface area (Å²) in [5.41, 5.74) is 0.639. The van der Waals surface area contributed by atoms with E-state index in [0.29, 0.717) is 11.3 Å². The first-order valence-corrected chi connectivity index (χ1v) is 3.69. The number of benzene rings is 1. The van der Waals surface area contributed by atoms with Crippen molar-refractivity contribution in [3.8, 4) is 5.75 Å². The van der Waals surface area contributed by atoms with E-state index < -0.39 is 5.97 Å². The molecule has 0 aromatic heterocycles. The summed E-state index contributed by atoms with van der Waals surface area (Å²) in [5.74, 6) is -0.599. The van der Waals surface area contributed by atoms with Crippen molar-refractivity contribution in [2.45, 2.75) is 6.61 Å². The Kier molecular flexibility index (Phi) is 2.87.